The van der Waals surface area contributed by atoms with Crippen LogP contribution < -0.4 is 17.2 Å². The van der Waals surface area contributed by atoms with Crippen LogP contribution in [0.4, 0.5) is 11.4 Å². The summed E-state index contributed by atoms with van der Waals surface area (Å²) in [5.41, 5.74) is 18.6. The third-order valence-corrected chi connectivity index (χ3v) is 2.38. The Morgan fingerprint density at radius 3 is 2.06 bits per heavy atom. The van der Waals surface area contributed by atoms with E-state index in [1.807, 2.05) is 30.3 Å². The summed E-state index contributed by atoms with van der Waals surface area (Å²) in [5.74, 6) is 0. The molecule has 4 nitrogen and oxygen atoms in total. The van der Waals surface area contributed by atoms with E-state index >= 15 is 0 Å². The van der Waals surface area contributed by atoms with Crippen LogP contribution in [0.2, 0.25) is 0 Å². The lowest BCUT2D eigenvalue weighted by atomic mass is 10.2. The minimum absolute atomic E-state index is 0.359. The van der Waals surface area contributed by atoms with Gasteiger partial charge in [-0.2, -0.15) is 0 Å². The van der Waals surface area contributed by atoms with Crippen LogP contribution in [-0.2, 0) is 6.54 Å². The first kappa shape index (κ1) is 13.7. The first-order chi connectivity index (χ1) is 8.69. The molecule has 94 valence electrons. The van der Waals surface area contributed by atoms with E-state index in [-0.39, 0.29) is 0 Å². The van der Waals surface area contributed by atoms with E-state index in [4.69, 9.17) is 17.2 Å². The summed E-state index contributed by atoms with van der Waals surface area (Å²) in [6.07, 6.45) is 0.686. The van der Waals surface area contributed by atoms with E-state index in [1.165, 1.54) is 5.56 Å². The highest BCUT2D eigenvalue weighted by Crippen LogP contribution is 2.16. The lowest BCUT2D eigenvalue weighted by Crippen LogP contribution is -1.98. The van der Waals surface area contributed by atoms with Crippen LogP contribution in [0, 0.1) is 0 Å². The number of para-hydroxylation sites is 1. The molecule has 0 spiro atoms. The largest absolute Gasteiger partial charge is 0.397 e. The van der Waals surface area contributed by atoms with Crippen molar-refractivity contribution >= 4 is 17.7 Å². The topological polar surface area (TPSA) is 95.1 Å². The van der Waals surface area contributed by atoms with E-state index in [1.54, 1.807) is 18.2 Å². The summed E-state index contributed by atoms with van der Waals surface area (Å²) in [6, 6.07) is 15.0. The zero-order chi connectivity index (χ0) is 13.4. The van der Waals surface area contributed by atoms with E-state index < -0.39 is 0 Å². The third kappa shape index (κ3) is 3.92. The molecule has 0 aliphatic heterocycles. The van der Waals surface area contributed by atoms with Crippen molar-refractivity contribution < 1.29 is 4.79 Å². The SMILES string of the molecule is NCc1ccccc1.Nc1cccc(C=O)c1N. The number of aldehydes is 1. The first-order valence-electron chi connectivity index (χ1n) is 5.52. The van der Waals surface area contributed by atoms with Gasteiger partial charge < -0.3 is 17.2 Å². The molecular formula is C14H17N3O. The molecule has 18 heavy (non-hydrogen) atoms. The molecule has 6 N–H and O–H groups in total. The Morgan fingerprint density at radius 1 is 0.944 bits per heavy atom. The fraction of sp³-hybridized carbons (Fsp3) is 0.0714. The summed E-state index contributed by atoms with van der Waals surface area (Å²) >= 11 is 0. The molecule has 0 heterocycles. The van der Waals surface area contributed by atoms with Gasteiger partial charge in [0.05, 0.1) is 11.4 Å². The Hall–Kier alpha value is -2.33. The minimum Gasteiger partial charge on any atom is -0.397 e. The summed E-state index contributed by atoms with van der Waals surface area (Å²) < 4.78 is 0. The number of carbonyl (C=O) groups excluding carboxylic acids is 1. The summed E-state index contributed by atoms with van der Waals surface area (Å²) in [4.78, 5) is 10.2. The van der Waals surface area contributed by atoms with E-state index in [0.717, 1.165) is 0 Å². The summed E-state index contributed by atoms with van der Waals surface area (Å²) in [7, 11) is 0. The predicted molar refractivity (Wildman–Crippen MR) is 75.0 cm³/mol. The van der Waals surface area contributed by atoms with Crippen molar-refractivity contribution in [2.75, 3.05) is 11.5 Å². The fourth-order valence-electron chi connectivity index (χ4n) is 1.32. The Bertz CT molecular complexity index is 498. The molecule has 4 heteroatoms. The number of nitrogens with two attached hydrogens (primary N) is 3. The van der Waals surface area contributed by atoms with Gasteiger partial charge in [0, 0.05) is 12.1 Å². The number of benzene rings is 2. The standard InChI is InChI=1S/C7H8N2O.C7H9N/c8-6-3-1-2-5(4-10)7(6)9;8-6-7-4-2-1-3-5-7/h1-4H,8-9H2;1-5H,6,8H2. The van der Waals surface area contributed by atoms with Crippen LogP contribution >= 0.6 is 0 Å². The lowest BCUT2D eigenvalue weighted by Gasteiger charge is -1.99. The first-order valence-corrected chi connectivity index (χ1v) is 5.52. The molecule has 0 radical (unpaired) electrons. The Morgan fingerprint density at radius 2 is 1.61 bits per heavy atom. The average Bonchev–Trinajstić information content (AvgIpc) is 2.43. The van der Waals surface area contributed by atoms with Gasteiger partial charge in [-0.1, -0.05) is 36.4 Å². The van der Waals surface area contributed by atoms with Gasteiger partial charge >= 0.3 is 0 Å². The monoisotopic (exact) mass is 243 g/mol. The highest BCUT2D eigenvalue weighted by atomic mass is 16.1. The normalized spacial score (nSPS) is 9.17. The number of rotatable bonds is 2. The molecule has 0 aromatic heterocycles. The van der Waals surface area contributed by atoms with Gasteiger partial charge in [-0.15, -0.1) is 0 Å². The molecule has 0 saturated heterocycles. The van der Waals surface area contributed by atoms with Crippen molar-refractivity contribution in [2.24, 2.45) is 5.73 Å². The van der Waals surface area contributed by atoms with Gasteiger partial charge in [-0.25, -0.2) is 0 Å². The number of hydrogen-bond acceptors (Lipinski definition) is 4. The van der Waals surface area contributed by atoms with Crippen molar-refractivity contribution in [1.82, 2.24) is 0 Å². The second-order valence-electron chi connectivity index (χ2n) is 3.66. The molecule has 0 saturated carbocycles. The molecule has 0 aliphatic carbocycles. The maximum atomic E-state index is 10.2. The lowest BCUT2D eigenvalue weighted by molar-refractivity contribution is 0.112. The van der Waals surface area contributed by atoms with Crippen LogP contribution in [0.5, 0.6) is 0 Å². The maximum Gasteiger partial charge on any atom is 0.152 e. The van der Waals surface area contributed by atoms with Gasteiger partial charge in [-0.05, 0) is 17.7 Å². The van der Waals surface area contributed by atoms with Crippen molar-refractivity contribution in [3.8, 4) is 0 Å². The zero-order valence-corrected chi connectivity index (χ0v) is 10.0. The minimum atomic E-state index is 0.359. The number of hydrogen-bond donors (Lipinski definition) is 3. The highest BCUT2D eigenvalue weighted by molar-refractivity contribution is 5.88. The molecule has 0 amide bonds. The van der Waals surface area contributed by atoms with Crippen LogP contribution in [0.1, 0.15) is 15.9 Å². The molecule has 0 fully saturated rings. The fourth-order valence-corrected chi connectivity index (χ4v) is 1.32. The number of nitrogen functional groups attached to an aromatic ring is 2. The Kier molecular flexibility index (Phi) is 5.41. The van der Waals surface area contributed by atoms with Crippen molar-refractivity contribution in [1.29, 1.82) is 0 Å². The molecule has 2 aromatic rings. The molecule has 2 rings (SSSR count). The Balaban J connectivity index is 0.000000184. The second-order valence-corrected chi connectivity index (χ2v) is 3.66. The predicted octanol–water partition coefficient (Wildman–Crippen LogP) is 1.81. The molecule has 0 atom stereocenters. The summed E-state index contributed by atoms with van der Waals surface area (Å²) in [6.45, 7) is 0.640. The molecule has 0 unspecified atom stereocenters. The quantitative estimate of drug-likeness (QED) is 0.553. The second kappa shape index (κ2) is 7.09. The molecule has 0 bridgehead atoms. The van der Waals surface area contributed by atoms with Crippen LogP contribution in [0.25, 0.3) is 0 Å². The van der Waals surface area contributed by atoms with Gasteiger partial charge in [-0.3, -0.25) is 4.79 Å². The van der Waals surface area contributed by atoms with Crippen LogP contribution in [0.15, 0.2) is 48.5 Å². The van der Waals surface area contributed by atoms with Crippen molar-refractivity contribution in [3.05, 3.63) is 59.7 Å². The van der Waals surface area contributed by atoms with Gasteiger partial charge in [0.1, 0.15) is 0 Å². The average molecular weight is 243 g/mol. The van der Waals surface area contributed by atoms with E-state index in [2.05, 4.69) is 0 Å². The zero-order valence-electron chi connectivity index (χ0n) is 10.0. The van der Waals surface area contributed by atoms with Crippen molar-refractivity contribution in [2.45, 2.75) is 6.54 Å². The van der Waals surface area contributed by atoms with Gasteiger partial charge in [0.15, 0.2) is 6.29 Å². The smallest absolute Gasteiger partial charge is 0.152 e. The van der Waals surface area contributed by atoms with Gasteiger partial charge in [0.25, 0.3) is 0 Å². The van der Waals surface area contributed by atoms with Crippen molar-refractivity contribution in [3.63, 3.8) is 0 Å². The third-order valence-electron chi connectivity index (χ3n) is 2.38. The molecule has 0 aliphatic rings. The number of carbonyl (C=O) groups is 1. The van der Waals surface area contributed by atoms with E-state index in [9.17, 15) is 4.79 Å². The maximum absolute atomic E-state index is 10.2. The molecule has 2 aromatic carbocycles. The number of anilines is 2. The van der Waals surface area contributed by atoms with E-state index in [0.29, 0.717) is 29.8 Å². The van der Waals surface area contributed by atoms with Crippen LogP contribution in [-0.4, -0.2) is 6.29 Å². The highest BCUT2D eigenvalue weighted by Gasteiger charge is 1.98. The Labute approximate surface area is 106 Å². The summed E-state index contributed by atoms with van der Waals surface area (Å²) in [5, 5.41) is 0. The van der Waals surface area contributed by atoms with Crippen LogP contribution in [0.3, 0.4) is 0 Å². The van der Waals surface area contributed by atoms with Gasteiger partial charge in [0.2, 0.25) is 0 Å². The molecular weight excluding hydrogens is 226 g/mol.